The van der Waals surface area contributed by atoms with Crippen molar-refractivity contribution in [3.8, 4) is 0 Å². The smallest absolute Gasteiger partial charge is 0.338 e. The molecule has 0 radical (unpaired) electrons. The molecule has 0 unspecified atom stereocenters. The Morgan fingerprint density at radius 2 is 1.81 bits per heavy atom. The van der Waals surface area contributed by atoms with Crippen LogP contribution in [0.3, 0.4) is 0 Å². The van der Waals surface area contributed by atoms with Gasteiger partial charge in [-0.1, -0.05) is 41.9 Å². The zero-order chi connectivity index (χ0) is 18.9. The van der Waals surface area contributed by atoms with E-state index >= 15 is 0 Å². The second-order valence-corrected chi connectivity index (χ2v) is 5.83. The van der Waals surface area contributed by atoms with Gasteiger partial charge in [-0.15, -0.1) is 0 Å². The minimum Gasteiger partial charge on any atom is -0.390 e. The summed E-state index contributed by atoms with van der Waals surface area (Å²) in [6, 6.07) is 13.1. The van der Waals surface area contributed by atoms with E-state index in [1.165, 1.54) is 18.2 Å². The highest BCUT2D eigenvalue weighted by Gasteiger charge is 2.09. The Hall–Kier alpha value is -2.99. The summed E-state index contributed by atoms with van der Waals surface area (Å²) in [6.45, 7) is 0. The average molecular weight is 374 g/mol. The highest BCUT2D eigenvalue weighted by Crippen LogP contribution is 2.16. The fourth-order valence-electron chi connectivity index (χ4n) is 2.19. The fraction of sp³-hybridized carbons (Fsp3) is 0.158. The van der Waals surface area contributed by atoms with E-state index in [1.807, 2.05) is 0 Å². The Balaban J connectivity index is 1.75. The van der Waals surface area contributed by atoms with Crippen LogP contribution in [0.1, 0.15) is 24.0 Å². The summed E-state index contributed by atoms with van der Waals surface area (Å²) in [6.07, 6.45) is 3.72. The summed E-state index contributed by atoms with van der Waals surface area (Å²) in [5.74, 6) is -1.38. The molecule has 2 aromatic rings. The minimum atomic E-state index is -0.759. The molecular formula is C19H16ClNO5. The maximum atomic E-state index is 11.7. The van der Waals surface area contributed by atoms with Crippen molar-refractivity contribution >= 4 is 35.3 Å². The quantitative estimate of drug-likeness (QED) is 0.237. The van der Waals surface area contributed by atoms with Crippen LogP contribution in [0.15, 0.2) is 54.6 Å². The van der Waals surface area contributed by atoms with Gasteiger partial charge in [-0.2, -0.15) is 0 Å². The van der Waals surface area contributed by atoms with E-state index in [4.69, 9.17) is 16.3 Å². The molecule has 26 heavy (non-hydrogen) atoms. The highest BCUT2D eigenvalue weighted by molar-refractivity contribution is 6.32. The van der Waals surface area contributed by atoms with Gasteiger partial charge in [0, 0.05) is 29.7 Å². The number of nitro groups is 1. The number of rotatable bonds is 7. The first-order valence-corrected chi connectivity index (χ1v) is 8.24. The molecule has 0 N–H and O–H groups in total. The zero-order valence-corrected chi connectivity index (χ0v) is 14.5. The molecule has 6 nitrogen and oxygen atoms in total. The first-order chi connectivity index (χ1) is 12.5. The number of halogens is 1. The average Bonchev–Trinajstić information content (AvgIpc) is 2.61. The largest absolute Gasteiger partial charge is 0.390 e. The summed E-state index contributed by atoms with van der Waals surface area (Å²) < 4.78 is 4.70. The number of nitrogens with zero attached hydrogens (tertiary/aromatic N) is 1. The van der Waals surface area contributed by atoms with Crippen molar-refractivity contribution in [2.45, 2.75) is 19.3 Å². The Morgan fingerprint density at radius 3 is 2.46 bits per heavy atom. The Bertz CT molecular complexity index is 830. The molecule has 0 amide bonds. The van der Waals surface area contributed by atoms with Crippen LogP contribution in [0.2, 0.25) is 5.02 Å². The summed E-state index contributed by atoms with van der Waals surface area (Å²) >= 11 is 5.96. The molecule has 0 aliphatic carbocycles. The van der Waals surface area contributed by atoms with Crippen LogP contribution >= 0.6 is 11.6 Å². The standard InChI is InChI=1S/C19H16ClNO5/c20-17-6-2-1-5-15(17)10-13-19(23)26-18(22)7-3-4-14-8-11-16(12-9-14)21(24)25/h1-2,5-6,8-13H,3-4,7H2. The summed E-state index contributed by atoms with van der Waals surface area (Å²) in [5.41, 5.74) is 1.54. The second kappa shape index (κ2) is 9.48. The van der Waals surface area contributed by atoms with Crippen molar-refractivity contribution < 1.29 is 19.2 Å². The van der Waals surface area contributed by atoms with Crippen molar-refractivity contribution in [3.05, 3.63) is 80.9 Å². The van der Waals surface area contributed by atoms with Crippen molar-refractivity contribution in [1.82, 2.24) is 0 Å². The molecule has 0 bridgehead atoms. The zero-order valence-electron chi connectivity index (χ0n) is 13.8. The molecule has 0 aliphatic rings. The van der Waals surface area contributed by atoms with Crippen molar-refractivity contribution in [1.29, 1.82) is 0 Å². The molecule has 7 heteroatoms. The van der Waals surface area contributed by atoms with E-state index in [0.717, 1.165) is 11.6 Å². The van der Waals surface area contributed by atoms with Gasteiger partial charge in [0.15, 0.2) is 0 Å². The predicted molar refractivity (Wildman–Crippen MR) is 97.6 cm³/mol. The molecule has 0 fully saturated rings. The van der Waals surface area contributed by atoms with Gasteiger partial charge < -0.3 is 4.74 Å². The number of ether oxygens (including phenoxy) is 1. The number of hydrogen-bond donors (Lipinski definition) is 0. The van der Waals surface area contributed by atoms with E-state index in [9.17, 15) is 19.7 Å². The highest BCUT2D eigenvalue weighted by atomic mass is 35.5. The lowest BCUT2D eigenvalue weighted by atomic mass is 10.1. The normalized spacial score (nSPS) is 10.7. The van der Waals surface area contributed by atoms with Crippen LogP contribution < -0.4 is 0 Å². The SMILES string of the molecule is O=C(C=Cc1ccccc1Cl)OC(=O)CCCc1ccc([N+](=O)[O-])cc1. The van der Waals surface area contributed by atoms with E-state index in [0.29, 0.717) is 23.4 Å². The number of esters is 2. The van der Waals surface area contributed by atoms with Crippen LogP contribution in [0.4, 0.5) is 5.69 Å². The Kier molecular flexibility index (Phi) is 7.05. The monoisotopic (exact) mass is 373 g/mol. The number of carbonyl (C=O) groups excluding carboxylic acids is 2. The molecule has 0 saturated heterocycles. The Labute approximate surface area is 155 Å². The number of hydrogen-bond acceptors (Lipinski definition) is 5. The molecule has 2 rings (SSSR count). The minimum absolute atomic E-state index is 0.0177. The summed E-state index contributed by atoms with van der Waals surface area (Å²) in [4.78, 5) is 33.4. The summed E-state index contributed by atoms with van der Waals surface area (Å²) in [7, 11) is 0. The van der Waals surface area contributed by atoms with Gasteiger partial charge in [-0.05, 0) is 36.1 Å². The molecule has 2 aromatic carbocycles. The van der Waals surface area contributed by atoms with E-state index in [1.54, 1.807) is 36.4 Å². The van der Waals surface area contributed by atoms with Gasteiger partial charge in [0.05, 0.1) is 4.92 Å². The third kappa shape index (κ3) is 6.14. The van der Waals surface area contributed by atoms with Crippen LogP contribution in [0.5, 0.6) is 0 Å². The number of non-ortho nitro benzene ring substituents is 1. The van der Waals surface area contributed by atoms with E-state index in [2.05, 4.69) is 0 Å². The fourth-order valence-corrected chi connectivity index (χ4v) is 2.39. The molecular weight excluding hydrogens is 358 g/mol. The van der Waals surface area contributed by atoms with Crippen LogP contribution in [0, 0.1) is 10.1 Å². The lowest BCUT2D eigenvalue weighted by Gasteiger charge is -2.02. The first-order valence-electron chi connectivity index (χ1n) is 7.86. The molecule has 0 spiro atoms. The summed E-state index contributed by atoms with van der Waals surface area (Å²) in [5, 5.41) is 11.1. The lowest BCUT2D eigenvalue weighted by Crippen LogP contribution is -2.10. The number of aryl methyl sites for hydroxylation is 1. The van der Waals surface area contributed by atoms with Gasteiger partial charge in [0.25, 0.3) is 5.69 Å². The third-order valence-electron chi connectivity index (χ3n) is 3.51. The number of benzene rings is 2. The van der Waals surface area contributed by atoms with Gasteiger partial charge >= 0.3 is 11.9 Å². The third-order valence-corrected chi connectivity index (χ3v) is 3.86. The van der Waals surface area contributed by atoms with Crippen LogP contribution in [-0.4, -0.2) is 16.9 Å². The molecule has 0 heterocycles. The van der Waals surface area contributed by atoms with Gasteiger partial charge in [0.1, 0.15) is 0 Å². The molecule has 0 aliphatic heterocycles. The second-order valence-electron chi connectivity index (χ2n) is 5.43. The molecule has 0 aromatic heterocycles. The van der Waals surface area contributed by atoms with E-state index in [-0.39, 0.29) is 12.1 Å². The first kappa shape index (κ1) is 19.3. The van der Waals surface area contributed by atoms with Crippen molar-refractivity contribution in [3.63, 3.8) is 0 Å². The van der Waals surface area contributed by atoms with Gasteiger partial charge in [0.2, 0.25) is 0 Å². The van der Waals surface area contributed by atoms with Gasteiger partial charge in [-0.3, -0.25) is 14.9 Å². The number of nitro benzene ring substituents is 1. The lowest BCUT2D eigenvalue weighted by molar-refractivity contribution is -0.384. The van der Waals surface area contributed by atoms with E-state index < -0.39 is 16.9 Å². The molecule has 0 atom stereocenters. The van der Waals surface area contributed by atoms with Crippen molar-refractivity contribution in [2.75, 3.05) is 0 Å². The predicted octanol–water partition coefficient (Wildman–Crippen LogP) is 4.35. The number of carbonyl (C=O) groups is 2. The maximum Gasteiger partial charge on any atom is 0.338 e. The molecule has 0 saturated carbocycles. The van der Waals surface area contributed by atoms with Crippen LogP contribution in [0.25, 0.3) is 6.08 Å². The van der Waals surface area contributed by atoms with Crippen molar-refractivity contribution in [2.24, 2.45) is 0 Å². The van der Waals surface area contributed by atoms with Crippen LogP contribution in [-0.2, 0) is 20.7 Å². The Morgan fingerprint density at radius 1 is 1.12 bits per heavy atom. The topological polar surface area (TPSA) is 86.5 Å². The molecule has 134 valence electrons. The van der Waals surface area contributed by atoms with Gasteiger partial charge in [-0.25, -0.2) is 4.79 Å². The maximum absolute atomic E-state index is 11.7.